The number of benzene rings is 2. The van der Waals surface area contributed by atoms with E-state index in [1.807, 2.05) is 0 Å². The van der Waals surface area contributed by atoms with E-state index < -0.39 is 0 Å². The summed E-state index contributed by atoms with van der Waals surface area (Å²) in [6.45, 7) is 0. The maximum atomic E-state index is 13.6. The molecule has 18 heavy (non-hydrogen) atoms. The molecule has 2 rings (SSSR count). The third-order valence-electron chi connectivity index (χ3n) is 2.30. The molecule has 2 aromatic carbocycles. The van der Waals surface area contributed by atoms with Crippen LogP contribution in [0.1, 0.15) is 5.56 Å². The van der Waals surface area contributed by atoms with Crippen LogP contribution in [0, 0.1) is 17.1 Å². The molecule has 0 fully saturated rings. The second-order valence-corrected chi connectivity index (χ2v) is 5.33. The van der Waals surface area contributed by atoms with E-state index in [9.17, 15) is 4.39 Å². The zero-order valence-electron chi connectivity index (χ0n) is 9.05. The van der Waals surface area contributed by atoms with E-state index in [-0.39, 0.29) is 5.82 Å². The minimum atomic E-state index is -0.335. The smallest absolute Gasteiger partial charge is 0.146 e. The summed E-state index contributed by atoms with van der Waals surface area (Å²) in [4.78, 5) is 0. The molecule has 0 atom stereocenters. The van der Waals surface area contributed by atoms with E-state index in [4.69, 9.17) is 5.26 Å². The first-order valence-corrected chi connectivity index (χ1v) is 6.60. The molecule has 2 nitrogen and oxygen atoms in total. The number of halogens is 3. The molecule has 0 aromatic heterocycles. The molecule has 0 amide bonds. The Labute approximate surface area is 121 Å². The molecule has 0 unspecified atom stereocenters. The fourth-order valence-electron chi connectivity index (χ4n) is 1.43. The highest BCUT2D eigenvalue weighted by atomic mass is 79.9. The summed E-state index contributed by atoms with van der Waals surface area (Å²) in [6, 6.07) is 11.8. The van der Waals surface area contributed by atoms with E-state index in [1.165, 1.54) is 6.07 Å². The Bertz CT molecular complexity index is 635. The summed E-state index contributed by atoms with van der Waals surface area (Å²) in [6.07, 6.45) is 0. The predicted octanol–water partition coefficient (Wildman–Crippen LogP) is 4.97. The van der Waals surface area contributed by atoms with Crippen molar-refractivity contribution in [2.24, 2.45) is 0 Å². The Morgan fingerprint density at radius 3 is 2.56 bits per heavy atom. The molecule has 2 aromatic rings. The van der Waals surface area contributed by atoms with Gasteiger partial charge in [0.25, 0.3) is 0 Å². The third kappa shape index (κ3) is 2.89. The van der Waals surface area contributed by atoms with Gasteiger partial charge < -0.3 is 5.32 Å². The van der Waals surface area contributed by atoms with Crippen molar-refractivity contribution in [1.82, 2.24) is 0 Å². The van der Waals surface area contributed by atoms with Crippen molar-refractivity contribution < 1.29 is 4.39 Å². The van der Waals surface area contributed by atoms with Gasteiger partial charge in [0.2, 0.25) is 0 Å². The van der Waals surface area contributed by atoms with Crippen LogP contribution in [-0.4, -0.2) is 0 Å². The van der Waals surface area contributed by atoms with Gasteiger partial charge in [-0.1, -0.05) is 15.9 Å². The van der Waals surface area contributed by atoms with Gasteiger partial charge in [-0.3, -0.25) is 0 Å². The van der Waals surface area contributed by atoms with Crippen LogP contribution in [0.4, 0.5) is 15.8 Å². The number of nitriles is 1. The lowest BCUT2D eigenvalue weighted by Gasteiger charge is -2.09. The maximum Gasteiger partial charge on any atom is 0.146 e. The Morgan fingerprint density at radius 1 is 1.11 bits per heavy atom. The van der Waals surface area contributed by atoms with Crippen LogP contribution >= 0.6 is 31.9 Å². The first-order chi connectivity index (χ1) is 8.60. The van der Waals surface area contributed by atoms with Gasteiger partial charge in [0.1, 0.15) is 11.9 Å². The SMILES string of the molecule is N#Cc1ccc(Nc2cc(Br)ccc2F)cc1Br. The quantitative estimate of drug-likeness (QED) is 0.811. The molecule has 0 heterocycles. The summed E-state index contributed by atoms with van der Waals surface area (Å²) in [5.74, 6) is -0.335. The second kappa shape index (κ2) is 5.51. The van der Waals surface area contributed by atoms with Gasteiger partial charge in [-0.25, -0.2) is 4.39 Å². The van der Waals surface area contributed by atoms with Crippen LogP contribution in [0.2, 0.25) is 0 Å². The monoisotopic (exact) mass is 368 g/mol. The third-order valence-corrected chi connectivity index (χ3v) is 3.45. The molecule has 90 valence electrons. The number of nitrogens with one attached hydrogen (secondary N) is 1. The highest BCUT2D eigenvalue weighted by Gasteiger charge is 2.05. The van der Waals surface area contributed by atoms with Gasteiger partial charge in [0, 0.05) is 14.6 Å². The lowest BCUT2D eigenvalue weighted by molar-refractivity contribution is 0.631. The first kappa shape index (κ1) is 13.1. The van der Waals surface area contributed by atoms with E-state index in [2.05, 4.69) is 43.2 Å². The fraction of sp³-hybridized carbons (Fsp3) is 0. The Balaban J connectivity index is 2.32. The Morgan fingerprint density at radius 2 is 1.89 bits per heavy atom. The van der Waals surface area contributed by atoms with Crippen molar-refractivity contribution in [2.75, 3.05) is 5.32 Å². The average molecular weight is 370 g/mol. The highest BCUT2D eigenvalue weighted by Crippen LogP contribution is 2.26. The van der Waals surface area contributed by atoms with Crippen molar-refractivity contribution in [3.05, 3.63) is 56.7 Å². The minimum Gasteiger partial charge on any atom is -0.353 e. The molecule has 0 saturated heterocycles. The lowest BCUT2D eigenvalue weighted by atomic mass is 10.2. The van der Waals surface area contributed by atoms with Crippen molar-refractivity contribution in [2.45, 2.75) is 0 Å². The Hall–Kier alpha value is -1.38. The molecule has 1 N–H and O–H groups in total. The van der Waals surface area contributed by atoms with Crippen molar-refractivity contribution >= 4 is 43.2 Å². The Kier molecular flexibility index (Phi) is 4.00. The largest absolute Gasteiger partial charge is 0.353 e. The summed E-state index contributed by atoms with van der Waals surface area (Å²) < 4.78 is 15.0. The van der Waals surface area contributed by atoms with Gasteiger partial charge in [0.05, 0.1) is 11.3 Å². The minimum absolute atomic E-state index is 0.335. The van der Waals surface area contributed by atoms with Crippen molar-refractivity contribution in [1.29, 1.82) is 5.26 Å². The van der Waals surface area contributed by atoms with Gasteiger partial charge in [-0.2, -0.15) is 5.26 Å². The zero-order chi connectivity index (χ0) is 13.1. The highest BCUT2D eigenvalue weighted by molar-refractivity contribution is 9.10. The molecule has 5 heteroatoms. The van der Waals surface area contributed by atoms with Gasteiger partial charge >= 0.3 is 0 Å². The summed E-state index contributed by atoms with van der Waals surface area (Å²) in [5, 5.41) is 11.8. The van der Waals surface area contributed by atoms with Crippen molar-refractivity contribution in [3.8, 4) is 6.07 Å². The van der Waals surface area contributed by atoms with Crippen LogP contribution < -0.4 is 5.32 Å². The van der Waals surface area contributed by atoms with Crippen LogP contribution in [0.15, 0.2) is 45.3 Å². The molecule has 0 aliphatic carbocycles. The normalized spacial score (nSPS) is 9.89. The fourth-order valence-corrected chi connectivity index (χ4v) is 2.26. The molecule has 0 radical (unpaired) electrons. The van der Waals surface area contributed by atoms with Gasteiger partial charge in [-0.15, -0.1) is 0 Å². The second-order valence-electron chi connectivity index (χ2n) is 3.56. The zero-order valence-corrected chi connectivity index (χ0v) is 12.2. The number of rotatable bonds is 2. The topological polar surface area (TPSA) is 35.8 Å². The predicted molar refractivity (Wildman–Crippen MR) is 76.2 cm³/mol. The van der Waals surface area contributed by atoms with Gasteiger partial charge in [0.15, 0.2) is 0 Å². The number of anilines is 2. The van der Waals surface area contributed by atoms with Crippen molar-refractivity contribution in [3.63, 3.8) is 0 Å². The molecule has 0 aliphatic rings. The molecule has 0 saturated carbocycles. The summed E-state index contributed by atoms with van der Waals surface area (Å²) >= 11 is 6.58. The molecular formula is C13H7Br2FN2. The first-order valence-electron chi connectivity index (χ1n) is 5.02. The van der Waals surface area contributed by atoms with Crippen LogP contribution in [0.25, 0.3) is 0 Å². The molecule has 0 spiro atoms. The van der Waals surface area contributed by atoms with E-state index in [0.29, 0.717) is 21.4 Å². The van der Waals surface area contributed by atoms with E-state index in [0.717, 1.165) is 4.47 Å². The number of nitrogens with zero attached hydrogens (tertiary/aromatic N) is 1. The number of hydrogen-bond acceptors (Lipinski definition) is 2. The van der Waals surface area contributed by atoms with Crippen LogP contribution in [-0.2, 0) is 0 Å². The van der Waals surface area contributed by atoms with Gasteiger partial charge in [-0.05, 0) is 52.3 Å². The van der Waals surface area contributed by atoms with Crippen LogP contribution in [0.3, 0.4) is 0 Å². The summed E-state index contributed by atoms with van der Waals surface area (Å²) in [7, 11) is 0. The molecule has 0 aliphatic heterocycles. The molecular weight excluding hydrogens is 363 g/mol. The molecule has 0 bridgehead atoms. The van der Waals surface area contributed by atoms with E-state index >= 15 is 0 Å². The van der Waals surface area contributed by atoms with Crippen LogP contribution in [0.5, 0.6) is 0 Å². The number of hydrogen-bond donors (Lipinski definition) is 1. The maximum absolute atomic E-state index is 13.6. The average Bonchev–Trinajstić information content (AvgIpc) is 2.34. The summed E-state index contributed by atoms with van der Waals surface area (Å²) in [5.41, 5.74) is 1.62. The lowest BCUT2D eigenvalue weighted by Crippen LogP contribution is -1.94. The standard InChI is InChI=1S/C13H7Br2FN2/c14-9-2-4-12(16)13(5-9)18-10-3-1-8(7-17)11(15)6-10/h1-6,18H. The van der Waals surface area contributed by atoms with E-state index in [1.54, 1.807) is 30.3 Å².